The first-order chi connectivity index (χ1) is 10.8. The van der Waals surface area contributed by atoms with Gasteiger partial charge in [0.1, 0.15) is 16.2 Å². The van der Waals surface area contributed by atoms with Gasteiger partial charge in [-0.1, -0.05) is 19.1 Å². The fourth-order valence-electron chi connectivity index (χ4n) is 2.94. The number of amides is 1. The van der Waals surface area contributed by atoms with E-state index in [1.54, 1.807) is 36.9 Å². The molecule has 1 aliphatic heterocycles. The van der Waals surface area contributed by atoms with Crippen molar-refractivity contribution >= 4 is 15.9 Å². The highest BCUT2D eigenvalue weighted by atomic mass is 32.2. The number of benzene rings is 1. The lowest BCUT2D eigenvalue weighted by Crippen LogP contribution is -2.64. The summed E-state index contributed by atoms with van der Waals surface area (Å²) in [4.78, 5) is 14.5. The highest BCUT2D eigenvalue weighted by molar-refractivity contribution is 7.89. The average Bonchev–Trinajstić information content (AvgIpc) is 2.51. The molecular formula is C16H24N2O4S. The van der Waals surface area contributed by atoms with Gasteiger partial charge in [0.25, 0.3) is 0 Å². The minimum Gasteiger partial charge on any atom is -0.495 e. The number of carbonyl (C=O) groups excluding carboxylic acids is 1. The number of piperazine rings is 1. The van der Waals surface area contributed by atoms with E-state index < -0.39 is 15.6 Å². The summed E-state index contributed by atoms with van der Waals surface area (Å²) in [7, 11) is -2.39. The number of sulfonamides is 1. The summed E-state index contributed by atoms with van der Waals surface area (Å²) in [5, 5.41) is 0. The first-order valence-electron chi connectivity index (χ1n) is 7.72. The van der Waals surface area contributed by atoms with E-state index in [1.165, 1.54) is 17.5 Å². The van der Waals surface area contributed by atoms with Crippen LogP contribution in [0.15, 0.2) is 29.2 Å². The Morgan fingerprint density at radius 1 is 1.22 bits per heavy atom. The molecule has 2 rings (SSSR count). The summed E-state index contributed by atoms with van der Waals surface area (Å²) < 4.78 is 32.6. The van der Waals surface area contributed by atoms with Gasteiger partial charge in [-0.25, -0.2) is 8.42 Å². The van der Waals surface area contributed by atoms with Crippen LogP contribution in [0.25, 0.3) is 0 Å². The normalized spacial score (nSPS) is 19.0. The molecule has 0 spiro atoms. The molecular weight excluding hydrogens is 316 g/mol. The summed E-state index contributed by atoms with van der Waals surface area (Å²) in [5.74, 6) is 0.121. The zero-order chi connectivity index (χ0) is 17.3. The maximum absolute atomic E-state index is 13.1. The first-order valence-corrected chi connectivity index (χ1v) is 9.16. The van der Waals surface area contributed by atoms with E-state index in [9.17, 15) is 13.2 Å². The SMILES string of the molecule is CCCN1CCN(S(=O)(=O)c2ccccc2OC)C(C)(C)C1=O. The number of carbonyl (C=O) groups is 1. The molecule has 6 nitrogen and oxygen atoms in total. The Kier molecular flexibility index (Phi) is 5.01. The summed E-state index contributed by atoms with van der Waals surface area (Å²) in [6.07, 6.45) is 0.848. The molecule has 1 saturated heterocycles. The van der Waals surface area contributed by atoms with Crippen molar-refractivity contribution in [3.63, 3.8) is 0 Å². The van der Waals surface area contributed by atoms with Gasteiger partial charge >= 0.3 is 0 Å². The second kappa shape index (κ2) is 6.49. The molecule has 23 heavy (non-hydrogen) atoms. The third-order valence-electron chi connectivity index (χ3n) is 4.14. The maximum atomic E-state index is 13.1. The van der Waals surface area contributed by atoms with Crippen molar-refractivity contribution in [2.75, 3.05) is 26.7 Å². The van der Waals surface area contributed by atoms with Crippen molar-refractivity contribution < 1.29 is 17.9 Å². The van der Waals surface area contributed by atoms with E-state index in [0.29, 0.717) is 13.1 Å². The average molecular weight is 340 g/mol. The minimum absolute atomic E-state index is 0.0901. The predicted molar refractivity (Wildman–Crippen MR) is 87.8 cm³/mol. The lowest BCUT2D eigenvalue weighted by molar-refractivity contribution is -0.144. The van der Waals surface area contributed by atoms with Crippen molar-refractivity contribution in [3.8, 4) is 5.75 Å². The van der Waals surface area contributed by atoms with Crippen LogP contribution >= 0.6 is 0 Å². The van der Waals surface area contributed by atoms with Gasteiger partial charge in [0.2, 0.25) is 15.9 Å². The minimum atomic E-state index is -3.82. The van der Waals surface area contributed by atoms with Crippen LogP contribution in [0.1, 0.15) is 27.2 Å². The Bertz CT molecular complexity index is 685. The molecule has 0 radical (unpaired) electrons. The molecule has 0 aliphatic carbocycles. The van der Waals surface area contributed by atoms with Gasteiger partial charge in [-0.3, -0.25) is 4.79 Å². The van der Waals surface area contributed by atoms with Crippen LogP contribution in [0.5, 0.6) is 5.75 Å². The smallest absolute Gasteiger partial charge is 0.247 e. The van der Waals surface area contributed by atoms with Crippen molar-refractivity contribution in [3.05, 3.63) is 24.3 Å². The number of methoxy groups -OCH3 is 1. The Balaban J connectivity index is 2.43. The van der Waals surface area contributed by atoms with E-state index in [2.05, 4.69) is 0 Å². The highest BCUT2D eigenvalue weighted by Gasteiger charge is 2.48. The van der Waals surface area contributed by atoms with Crippen LogP contribution in [0.2, 0.25) is 0 Å². The van der Waals surface area contributed by atoms with Crippen LogP contribution < -0.4 is 4.74 Å². The van der Waals surface area contributed by atoms with E-state index >= 15 is 0 Å². The largest absolute Gasteiger partial charge is 0.495 e. The summed E-state index contributed by atoms with van der Waals surface area (Å²) in [5.41, 5.74) is -1.12. The Morgan fingerprint density at radius 2 is 1.87 bits per heavy atom. The van der Waals surface area contributed by atoms with Crippen molar-refractivity contribution in [1.29, 1.82) is 0 Å². The van der Waals surface area contributed by atoms with Gasteiger partial charge in [-0.2, -0.15) is 4.31 Å². The zero-order valence-electron chi connectivity index (χ0n) is 14.1. The Hall–Kier alpha value is -1.60. The monoisotopic (exact) mass is 340 g/mol. The van der Waals surface area contributed by atoms with Crippen LogP contribution in [0.3, 0.4) is 0 Å². The van der Waals surface area contributed by atoms with Gasteiger partial charge in [0.05, 0.1) is 7.11 Å². The number of ether oxygens (including phenoxy) is 1. The standard InChI is InChI=1S/C16H24N2O4S/c1-5-10-17-11-12-18(16(2,3)15(17)19)23(20,21)14-9-7-6-8-13(14)22-4/h6-9H,5,10-12H2,1-4H3. The molecule has 0 bridgehead atoms. The molecule has 128 valence electrons. The number of para-hydroxylation sites is 1. The third-order valence-corrected chi connectivity index (χ3v) is 6.25. The van der Waals surface area contributed by atoms with Gasteiger partial charge in [-0.05, 0) is 32.4 Å². The molecule has 1 aromatic carbocycles. The second-order valence-corrected chi connectivity index (χ2v) is 7.91. The van der Waals surface area contributed by atoms with E-state index in [4.69, 9.17) is 4.74 Å². The van der Waals surface area contributed by atoms with E-state index in [0.717, 1.165) is 6.42 Å². The molecule has 0 atom stereocenters. The van der Waals surface area contributed by atoms with Gasteiger partial charge in [0.15, 0.2) is 0 Å². The molecule has 1 heterocycles. The molecule has 0 aromatic heterocycles. The molecule has 1 fully saturated rings. The fraction of sp³-hybridized carbons (Fsp3) is 0.562. The second-order valence-electron chi connectivity index (χ2n) is 6.08. The molecule has 7 heteroatoms. The number of hydrogen-bond donors (Lipinski definition) is 0. The van der Waals surface area contributed by atoms with Crippen LogP contribution in [0.4, 0.5) is 0 Å². The van der Waals surface area contributed by atoms with Gasteiger partial charge in [-0.15, -0.1) is 0 Å². The zero-order valence-corrected chi connectivity index (χ0v) is 14.9. The quantitative estimate of drug-likeness (QED) is 0.818. The Labute approximate surface area is 138 Å². The van der Waals surface area contributed by atoms with Crippen molar-refractivity contribution in [2.24, 2.45) is 0 Å². The van der Waals surface area contributed by atoms with Gasteiger partial charge in [0, 0.05) is 19.6 Å². The third kappa shape index (κ3) is 3.07. The molecule has 1 aliphatic rings. The summed E-state index contributed by atoms with van der Waals surface area (Å²) in [6, 6.07) is 6.48. The molecule has 0 unspecified atom stereocenters. The summed E-state index contributed by atoms with van der Waals surface area (Å²) in [6.45, 7) is 6.64. The van der Waals surface area contributed by atoms with E-state index in [1.807, 2.05) is 6.92 Å². The van der Waals surface area contributed by atoms with Gasteiger partial charge < -0.3 is 9.64 Å². The first kappa shape index (κ1) is 17.7. The lowest BCUT2D eigenvalue weighted by Gasteiger charge is -2.44. The van der Waals surface area contributed by atoms with Crippen molar-refractivity contribution in [2.45, 2.75) is 37.6 Å². The topological polar surface area (TPSA) is 66.9 Å². The summed E-state index contributed by atoms with van der Waals surface area (Å²) >= 11 is 0. The number of nitrogens with zero attached hydrogens (tertiary/aromatic N) is 2. The molecule has 0 N–H and O–H groups in total. The number of rotatable bonds is 5. The molecule has 0 saturated carbocycles. The molecule has 1 aromatic rings. The highest BCUT2D eigenvalue weighted by Crippen LogP contribution is 2.33. The fourth-order valence-corrected chi connectivity index (χ4v) is 4.84. The molecule has 1 amide bonds. The van der Waals surface area contributed by atoms with Crippen LogP contribution in [-0.4, -0.2) is 55.8 Å². The van der Waals surface area contributed by atoms with Crippen molar-refractivity contribution in [1.82, 2.24) is 9.21 Å². The lowest BCUT2D eigenvalue weighted by atomic mass is 10.0. The Morgan fingerprint density at radius 3 is 2.48 bits per heavy atom. The van der Waals surface area contributed by atoms with Crippen LogP contribution in [-0.2, 0) is 14.8 Å². The number of hydrogen-bond acceptors (Lipinski definition) is 4. The van der Waals surface area contributed by atoms with Crippen LogP contribution in [0, 0.1) is 0 Å². The predicted octanol–water partition coefficient (Wildman–Crippen LogP) is 1.72. The maximum Gasteiger partial charge on any atom is 0.247 e. The van der Waals surface area contributed by atoms with E-state index in [-0.39, 0.29) is 23.1 Å².